The van der Waals surface area contributed by atoms with E-state index < -0.39 is 0 Å². The van der Waals surface area contributed by atoms with E-state index in [1.54, 1.807) is 18.1 Å². The Hall–Kier alpha value is -1.59. The topological polar surface area (TPSA) is 63.8 Å². The van der Waals surface area contributed by atoms with Crippen molar-refractivity contribution >= 4 is 17.6 Å². The molecule has 1 aromatic heterocycles. The zero-order chi connectivity index (χ0) is 14.7. The summed E-state index contributed by atoms with van der Waals surface area (Å²) in [6, 6.07) is 6.44. The molecule has 0 aliphatic heterocycles. The zero-order valence-electron chi connectivity index (χ0n) is 12.3. The molecule has 4 nitrogen and oxygen atoms in total. The Morgan fingerprint density at radius 3 is 2.50 bits per heavy atom. The Kier molecular flexibility index (Phi) is 4.62. The monoisotopic (exact) mass is 288 g/mol. The molecule has 2 rings (SSSR count). The van der Waals surface area contributed by atoms with E-state index in [-0.39, 0.29) is 0 Å². The summed E-state index contributed by atoms with van der Waals surface area (Å²) in [6.07, 6.45) is 1.55. The molecule has 0 aliphatic carbocycles. The molecular formula is C15H20N4S. The lowest BCUT2D eigenvalue weighted by Gasteiger charge is -2.15. The highest BCUT2D eigenvalue weighted by atomic mass is 32.2. The second-order valence-corrected chi connectivity index (χ2v) is 6.15. The fourth-order valence-electron chi connectivity index (χ4n) is 1.99. The van der Waals surface area contributed by atoms with E-state index in [0.717, 1.165) is 10.6 Å². The predicted octanol–water partition coefficient (Wildman–Crippen LogP) is 3.65. The summed E-state index contributed by atoms with van der Waals surface area (Å²) in [4.78, 5) is 9.78. The van der Waals surface area contributed by atoms with Crippen LogP contribution in [0.25, 0.3) is 0 Å². The lowest BCUT2D eigenvalue weighted by Crippen LogP contribution is -2.13. The summed E-state index contributed by atoms with van der Waals surface area (Å²) in [5.74, 6) is 6.54. The number of aryl methyl sites for hydroxylation is 2. The van der Waals surface area contributed by atoms with Gasteiger partial charge in [0, 0.05) is 10.5 Å². The van der Waals surface area contributed by atoms with Crippen LogP contribution >= 0.6 is 11.8 Å². The largest absolute Gasteiger partial charge is 0.308 e. The van der Waals surface area contributed by atoms with Gasteiger partial charge in [0.05, 0.1) is 0 Å². The van der Waals surface area contributed by atoms with Gasteiger partial charge >= 0.3 is 0 Å². The molecule has 1 heterocycles. The average Bonchev–Trinajstić information content (AvgIpc) is 2.42. The maximum absolute atomic E-state index is 5.55. The van der Waals surface area contributed by atoms with Gasteiger partial charge in [0.1, 0.15) is 17.2 Å². The van der Waals surface area contributed by atoms with E-state index in [2.05, 4.69) is 61.3 Å². The van der Waals surface area contributed by atoms with Crippen LogP contribution in [0.3, 0.4) is 0 Å². The van der Waals surface area contributed by atoms with Gasteiger partial charge in [0.25, 0.3) is 0 Å². The van der Waals surface area contributed by atoms with Crippen molar-refractivity contribution in [3.05, 3.63) is 41.2 Å². The molecule has 0 aliphatic rings. The van der Waals surface area contributed by atoms with Gasteiger partial charge in [-0.05, 0) is 43.0 Å². The third kappa shape index (κ3) is 3.11. The number of nitrogens with zero attached hydrogens (tertiary/aromatic N) is 2. The fourth-order valence-corrected chi connectivity index (χ4v) is 3.12. The normalized spacial score (nSPS) is 10.9. The van der Waals surface area contributed by atoms with Crippen molar-refractivity contribution in [2.75, 3.05) is 5.43 Å². The van der Waals surface area contributed by atoms with E-state index >= 15 is 0 Å². The molecule has 0 amide bonds. The Morgan fingerprint density at radius 1 is 1.15 bits per heavy atom. The molecule has 0 unspecified atom stereocenters. The van der Waals surface area contributed by atoms with Crippen molar-refractivity contribution in [3.8, 4) is 0 Å². The van der Waals surface area contributed by atoms with Gasteiger partial charge in [-0.15, -0.1) is 0 Å². The van der Waals surface area contributed by atoms with Crippen molar-refractivity contribution in [1.29, 1.82) is 0 Å². The number of hydrazine groups is 1. The SMILES string of the molecule is Cc1ccc(Sc2ncnc(NN)c2C(C)C)cc1C. The summed E-state index contributed by atoms with van der Waals surface area (Å²) in [5, 5.41) is 0.950. The molecule has 2 aromatic rings. The molecule has 0 radical (unpaired) electrons. The van der Waals surface area contributed by atoms with Crippen molar-refractivity contribution in [3.63, 3.8) is 0 Å². The van der Waals surface area contributed by atoms with Crippen molar-refractivity contribution < 1.29 is 0 Å². The lowest BCUT2D eigenvalue weighted by molar-refractivity contribution is 0.804. The number of nitrogens with two attached hydrogens (primary N) is 1. The summed E-state index contributed by atoms with van der Waals surface area (Å²) < 4.78 is 0. The van der Waals surface area contributed by atoms with Crippen LogP contribution in [0.5, 0.6) is 0 Å². The number of rotatable bonds is 4. The highest BCUT2D eigenvalue weighted by Crippen LogP contribution is 2.35. The Bertz CT molecular complexity index is 611. The fraction of sp³-hybridized carbons (Fsp3) is 0.333. The second-order valence-electron chi connectivity index (χ2n) is 5.09. The molecule has 106 valence electrons. The number of benzene rings is 1. The first-order chi connectivity index (χ1) is 9.52. The highest BCUT2D eigenvalue weighted by Gasteiger charge is 2.15. The minimum absolute atomic E-state index is 0.302. The highest BCUT2D eigenvalue weighted by molar-refractivity contribution is 7.99. The van der Waals surface area contributed by atoms with Gasteiger partial charge in [-0.25, -0.2) is 15.8 Å². The van der Waals surface area contributed by atoms with Gasteiger partial charge in [-0.3, -0.25) is 0 Å². The van der Waals surface area contributed by atoms with Gasteiger partial charge in [0.2, 0.25) is 0 Å². The summed E-state index contributed by atoms with van der Waals surface area (Å²) in [7, 11) is 0. The molecular weight excluding hydrogens is 268 g/mol. The van der Waals surface area contributed by atoms with Crippen molar-refractivity contribution in [2.24, 2.45) is 5.84 Å². The molecule has 0 bridgehead atoms. The predicted molar refractivity (Wildman–Crippen MR) is 84.0 cm³/mol. The molecule has 5 heteroatoms. The first-order valence-corrected chi connectivity index (χ1v) is 7.41. The van der Waals surface area contributed by atoms with Crippen LogP contribution in [0.15, 0.2) is 34.4 Å². The molecule has 1 aromatic carbocycles. The standard InChI is InChI=1S/C15H20N4S/c1-9(2)13-14(19-16)17-8-18-15(13)20-12-6-5-10(3)11(4)7-12/h5-9H,16H2,1-4H3,(H,17,18,19). The molecule has 0 saturated heterocycles. The van der Waals surface area contributed by atoms with Crippen molar-refractivity contribution in [1.82, 2.24) is 9.97 Å². The maximum atomic E-state index is 5.55. The smallest absolute Gasteiger partial charge is 0.147 e. The van der Waals surface area contributed by atoms with Crippen molar-refractivity contribution in [2.45, 2.75) is 43.5 Å². The molecule has 3 N–H and O–H groups in total. The Balaban J connectivity index is 2.40. The average molecular weight is 288 g/mol. The van der Waals surface area contributed by atoms with Gasteiger partial charge in [-0.1, -0.05) is 31.7 Å². The minimum Gasteiger partial charge on any atom is -0.308 e. The maximum Gasteiger partial charge on any atom is 0.147 e. The van der Waals surface area contributed by atoms with E-state index in [4.69, 9.17) is 5.84 Å². The molecule has 0 spiro atoms. The third-order valence-electron chi connectivity index (χ3n) is 3.25. The number of hydrogen-bond donors (Lipinski definition) is 2. The molecule has 0 fully saturated rings. The van der Waals surface area contributed by atoms with E-state index in [0.29, 0.717) is 11.7 Å². The number of nitrogen functional groups attached to an aromatic ring is 1. The van der Waals surface area contributed by atoms with Crippen LogP contribution < -0.4 is 11.3 Å². The summed E-state index contributed by atoms with van der Waals surface area (Å²) >= 11 is 1.65. The number of anilines is 1. The quantitative estimate of drug-likeness (QED) is 0.511. The van der Waals surface area contributed by atoms with Gasteiger partial charge in [-0.2, -0.15) is 0 Å². The Morgan fingerprint density at radius 2 is 1.90 bits per heavy atom. The number of nitrogens with one attached hydrogen (secondary N) is 1. The van der Waals surface area contributed by atoms with Crippen LogP contribution in [-0.4, -0.2) is 9.97 Å². The zero-order valence-corrected chi connectivity index (χ0v) is 13.1. The first kappa shape index (κ1) is 14.8. The lowest BCUT2D eigenvalue weighted by atomic mass is 10.1. The van der Waals surface area contributed by atoms with E-state index in [1.807, 2.05) is 0 Å². The third-order valence-corrected chi connectivity index (χ3v) is 4.26. The summed E-state index contributed by atoms with van der Waals surface area (Å²) in [5.41, 5.74) is 6.29. The first-order valence-electron chi connectivity index (χ1n) is 6.59. The van der Waals surface area contributed by atoms with Crippen LogP contribution in [0.1, 0.15) is 36.5 Å². The van der Waals surface area contributed by atoms with E-state index in [9.17, 15) is 0 Å². The van der Waals surface area contributed by atoms with Gasteiger partial charge in [0.15, 0.2) is 0 Å². The number of hydrogen-bond acceptors (Lipinski definition) is 5. The Labute approximate surface area is 124 Å². The van der Waals surface area contributed by atoms with Crippen LogP contribution in [0.4, 0.5) is 5.82 Å². The molecule has 0 saturated carbocycles. The van der Waals surface area contributed by atoms with Gasteiger partial charge < -0.3 is 5.43 Å². The van der Waals surface area contributed by atoms with Crippen LogP contribution in [0, 0.1) is 13.8 Å². The minimum atomic E-state index is 0.302. The molecule has 20 heavy (non-hydrogen) atoms. The second kappa shape index (κ2) is 6.24. The number of aromatic nitrogens is 2. The molecule has 0 atom stereocenters. The van der Waals surface area contributed by atoms with E-state index in [1.165, 1.54) is 16.0 Å². The van der Waals surface area contributed by atoms with Crippen LogP contribution in [0.2, 0.25) is 0 Å². The van der Waals surface area contributed by atoms with Crippen LogP contribution in [-0.2, 0) is 0 Å². The summed E-state index contributed by atoms with van der Waals surface area (Å²) in [6.45, 7) is 8.47.